The second-order valence-electron chi connectivity index (χ2n) is 6.42. The number of carbonyl (C=O) groups is 1. The number of amides is 1. The normalized spacial score (nSPS) is 10.8. The second kappa shape index (κ2) is 11.5. The van der Waals surface area contributed by atoms with E-state index in [1.54, 1.807) is 18.2 Å². The molecule has 0 radical (unpaired) electrons. The molecule has 0 aliphatic heterocycles. The molecule has 0 heterocycles. The molecule has 0 saturated heterocycles. The first-order chi connectivity index (χ1) is 14.6. The van der Waals surface area contributed by atoms with Gasteiger partial charge in [0.25, 0.3) is 5.91 Å². The average Bonchev–Trinajstić information content (AvgIpc) is 2.76. The predicted octanol–water partition coefficient (Wildman–Crippen LogP) is 4.88. The van der Waals surface area contributed by atoms with Gasteiger partial charge in [0.1, 0.15) is 11.6 Å². The molecule has 158 valence electrons. The monoisotopic (exact) mass is 407 g/mol. The lowest BCUT2D eigenvalue weighted by Gasteiger charge is -2.21. The summed E-state index contributed by atoms with van der Waals surface area (Å²) in [5.74, 6) is 0.755. The van der Waals surface area contributed by atoms with Crippen LogP contribution in [0.2, 0.25) is 0 Å². The predicted molar refractivity (Wildman–Crippen MR) is 121 cm³/mol. The maximum atomic E-state index is 12.6. The van der Waals surface area contributed by atoms with E-state index < -0.39 is 5.91 Å². The zero-order chi connectivity index (χ0) is 21.9. The SMILES string of the molecule is CCOc1ccc(/C=C(/C#N)C(=O)Nc2ccc(N(CC)CC)cc2)cc1OCC. The van der Waals surface area contributed by atoms with Crippen molar-refractivity contribution >= 4 is 23.4 Å². The van der Waals surface area contributed by atoms with Crippen molar-refractivity contribution in [2.45, 2.75) is 27.7 Å². The Morgan fingerprint density at radius 3 is 2.20 bits per heavy atom. The zero-order valence-corrected chi connectivity index (χ0v) is 18.1. The van der Waals surface area contributed by atoms with Gasteiger partial charge < -0.3 is 19.7 Å². The minimum absolute atomic E-state index is 0.00873. The Balaban J connectivity index is 2.19. The van der Waals surface area contributed by atoms with Crippen molar-refractivity contribution in [2.24, 2.45) is 0 Å². The standard InChI is InChI=1S/C24H29N3O3/c1-5-27(6-2)21-12-10-20(11-13-21)26-24(28)19(17-25)15-18-9-14-22(29-7-3)23(16-18)30-8-4/h9-16H,5-8H2,1-4H3,(H,26,28)/b19-15-. The molecule has 0 bridgehead atoms. The van der Waals surface area contributed by atoms with Gasteiger partial charge in [0, 0.05) is 24.5 Å². The Morgan fingerprint density at radius 1 is 1.00 bits per heavy atom. The molecule has 0 saturated carbocycles. The van der Waals surface area contributed by atoms with E-state index in [1.165, 1.54) is 6.08 Å². The van der Waals surface area contributed by atoms with Crippen LogP contribution in [-0.4, -0.2) is 32.2 Å². The highest BCUT2D eigenvalue weighted by molar-refractivity contribution is 6.09. The summed E-state index contributed by atoms with van der Waals surface area (Å²) in [6, 6.07) is 14.9. The van der Waals surface area contributed by atoms with Crippen LogP contribution in [0.3, 0.4) is 0 Å². The van der Waals surface area contributed by atoms with Crippen LogP contribution < -0.4 is 19.7 Å². The lowest BCUT2D eigenvalue weighted by molar-refractivity contribution is -0.112. The van der Waals surface area contributed by atoms with Gasteiger partial charge in [-0.2, -0.15) is 5.26 Å². The van der Waals surface area contributed by atoms with Crippen molar-refractivity contribution in [2.75, 3.05) is 36.5 Å². The molecule has 0 unspecified atom stereocenters. The minimum atomic E-state index is -0.458. The Labute approximate surface area is 178 Å². The summed E-state index contributed by atoms with van der Waals surface area (Å²) in [6.45, 7) is 10.8. The number of ether oxygens (including phenoxy) is 2. The summed E-state index contributed by atoms with van der Waals surface area (Å²) in [5.41, 5.74) is 2.42. The van der Waals surface area contributed by atoms with Crippen LogP contribution in [0.1, 0.15) is 33.3 Å². The highest BCUT2D eigenvalue weighted by Gasteiger charge is 2.12. The maximum absolute atomic E-state index is 12.6. The fraction of sp³-hybridized carbons (Fsp3) is 0.333. The number of carbonyl (C=O) groups excluding carboxylic acids is 1. The van der Waals surface area contributed by atoms with Crippen molar-refractivity contribution in [3.05, 3.63) is 53.6 Å². The first-order valence-electron chi connectivity index (χ1n) is 10.2. The lowest BCUT2D eigenvalue weighted by atomic mass is 10.1. The first kappa shape index (κ1) is 22.8. The fourth-order valence-electron chi connectivity index (χ4n) is 3.02. The first-order valence-corrected chi connectivity index (χ1v) is 10.2. The Morgan fingerprint density at radius 2 is 1.63 bits per heavy atom. The van der Waals surface area contributed by atoms with Crippen LogP contribution in [0.25, 0.3) is 6.08 Å². The van der Waals surface area contributed by atoms with Crippen molar-refractivity contribution in [1.29, 1.82) is 5.26 Å². The van der Waals surface area contributed by atoms with Gasteiger partial charge in [-0.05, 0) is 75.7 Å². The molecule has 2 aromatic carbocycles. The molecular weight excluding hydrogens is 378 g/mol. The van der Waals surface area contributed by atoms with Crippen LogP contribution in [0.4, 0.5) is 11.4 Å². The molecule has 2 rings (SSSR count). The number of nitrogens with one attached hydrogen (secondary N) is 1. The number of benzene rings is 2. The lowest BCUT2D eigenvalue weighted by Crippen LogP contribution is -2.21. The van der Waals surface area contributed by atoms with Gasteiger partial charge in [-0.15, -0.1) is 0 Å². The van der Waals surface area contributed by atoms with Gasteiger partial charge in [0.05, 0.1) is 13.2 Å². The molecule has 0 aliphatic rings. The van der Waals surface area contributed by atoms with Crippen LogP contribution in [0.5, 0.6) is 11.5 Å². The molecule has 1 amide bonds. The molecule has 6 nitrogen and oxygen atoms in total. The van der Waals surface area contributed by atoms with E-state index >= 15 is 0 Å². The number of nitriles is 1. The molecule has 0 fully saturated rings. The van der Waals surface area contributed by atoms with Crippen LogP contribution in [-0.2, 0) is 4.79 Å². The van der Waals surface area contributed by atoms with Crippen molar-refractivity contribution in [1.82, 2.24) is 0 Å². The van der Waals surface area contributed by atoms with E-state index in [0.29, 0.717) is 36.0 Å². The largest absolute Gasteiger partial charge is 0.490 e. The highest BCUT2D eigenvalue weighted by Crippen LogP contribution is 2.29. The molecule has 1 N–H and O–H groups in total. The highest BCUT2D eigenvalue weighted by atomic mass is 16.5. The number of hydrogen-bond donors (Lipinski definition) is 1. The smallest absolute Gasteiger partial charge is 0.266 e. The number of nitrogens with zero attached hydrogens (tertiary/aromatic N) is 2. The van der Waals surface area contributed by atoms with Gasteiger partial charge in [0.2, 0.25) is 0 Å². The average molecular weight is 408 g/mol. The molecule has 2 aromatic rings. The summed E-state index contributed by atoms with van der Waals surface area (Å²) in [6.07, 6.45) is 1.54. The van der Waals surface area contributed by atoms with Gasteiger partial charge in [-0.25, -0.2) is 0 Å². The number of rotatable bonds is 10. The minimum Gasteiger partial charge on any atom is -0.490 e. The van der Waals surface area contributed by atoms with E-state index in [2.05, 4.69) is 24.1 Å². The van der Waals surface area contributed by atoms with E-state index in [1.807, 2.05) is 44.2 Å². The van der Waals surface area contributed by atoms with E-state index in [0.717, 1.165) is 18.8 Å². The van der Waals surface area contributed by atoms with Gasteiger partial charge in [-0.3, -0.25) is 4.79 Å². The number of anilines is 2. The third-order valence-corrected chi connectivity index (χ3v) is 4.50. The van der Waals surface area contributed by atoms with Gasteiger partial charge in [-0.1, -0.05) is 6.07 Å². The summed E-state index contributed by atoms with van der Waals surface area (Å²) in [5, 5.41) is 12.3. The van der Waals surface area contributed by atoms with Crippen LogP contribution in [0.15, 0.2) is 48.0 Å². The number of hydrogen-bond acceptors (Lipinski definition) is 5. The third kappa shape index (κ3) is 6.02. The topological polar surface area (TPSA) is 74.6 Å². The van der Waals surface area contributed by atoms with Crippen LogP contribution >= 0.6 is 0 Å². The van der Waals surface area contributed by atoms with E-state index in [-0.39, 0.29) is 5.57 Å². The molecule has 30 heavy (non-hydrogen) atoms. The summed E-state index contributed by atoms with van der Waals surface area (Å²) in [4.78, 5) is 14.8. The molecule has 0 spiro atoms. The fourth-order valence-corrected chi connectivity index (χ4v) is 3.02. The molecule has 0 aliphatic carbocycles. The van der Waals surface area contributed by atoms with Crippen LogP contribution in [0, 0.1) is 11.3 Å². The Bertz CT molecular complexity index is 910. The quantitative estimate of drug-likeness (QED) is 0.449. The van der Waals surface area contributed by atoms with Crippen molar-refractivity contribution in [3.8, 4) is 17.6 Å². The molecule has 0 aromatic heterocycles. The molecule has 6 heteroatoms. The summed E-state index contributed by atoms with van der Waals surface area (Å²) < 4.78 is 11.2. The Hall–Kier alpha value is -3.46. The van der Waals surface area contributed by atoms with Crippen molar-refractivity contribution in [3.63, 3.8) is 0 Å². The molecule has 0 atom stereocenters. The maximum Gasteiger partial charge on any atom is 0.266 e. The summed E-state index contributed by atoms with van der Waals surface area (Å²) in [7, 11) is 0. The second-order valence-corrected chi connectivity index (χ2v) is 6.42. The zero-order valence-electron chi connectivity index (χ0n) is 18.1. The third-order valence-electron chi connectivity index (χ3n) is 4.50. The summed E-state index contributed by atoms with van der Waals surface area (Å²) >= 11 is 0. The molecular formula is C24H29N3O3. The van der Waals surface area contributed by atoms with Gasteiger partial charge in [0.15, 0.2) is 11.5 Å². The Kier molecular flexibility index (Phi) is 8.76. The van der Waals surface area contributed by atoms with Gasteiger partial charge >= 0.3 is 0 Å². The van der Waals surface area contributed by atoms with E-state index in [9.17, 15) is 10.1 Å². The van der Waals surface area contributed by atoms with Crippen molar-refractivity contribution < 1.29 is 14.3 Å². The van der Waals surface area contributed by atoms with E-state index in [4.69, 9.17) is 9.47 Å².